The molecule has 0 bridgehead atoms. The molecular weight excluding hydrogens is 184 g/mol. The first-order valence-electron chi connectivity index (χ1n) is 4.00. The molecule has 0 radical (unpaired) electrons. The van der Waals surface area contributed by atoms with Gasteiger partial charge in [-0.15, -0.1) is 11.3 Å². The summed E-state index contributed by atoms with van der Waals surface area (Å²) in [6.07, 6.45) is 0. The van der Waals surface area contributed by atoms with Gasteiger partial charge in [-0.05, 0) is 17.0 Å². The maximum absolute atomic E-state index is 11.4. The Morgan fingerprint density at radius 3 is 3.08 bits per heavy atom. The first-order valence-corrected chi connectivity index (χ1v) is 4.88. The van der Waals surface area contributed by atoms with Crippen LogP contribution in [0.1, 0.15) is 5.56 Å². The van der Waals surface area contributed by atoms with Crippen molar-refractivity contribution in [1.29, 1.82) is 0 Å². The third-order valence-electron chi connectivity index (χ3n) is 2.15. The lowest BCUT2D eigenvalue weighted by molar-refractivity contribution is 0.898. The molecule has 2 aromatic heterocycles. The molecule has 0 aromatic carbocycles. The summed E-state index contributed by atoms with van der Waals surface area (Å²) < 4.78 is 2.76. The van der Waals surface area contributed by atoms with Crippen LogP contribution < -0.4 is 11.3 Å². The average molecular weight is 194 g/mol. The van der Waals surface area contributed by atoms with E-state index in [9.17, 15) is 4.79 Å². The predicted octanol–water partition coefficient (Wildman–Crippen LogP) is 1.06. The monoisotopic (exact) mass is 194 g/mol. The third-order valence-corrected chi connectivity index (χ3v) is 3.12. The number of hydrogen-bond acceptors (Lipinski definition) is 3. The second kappa shape index (κ2) is 2.97. The topological polar surface area (TPSA) is 48.0 Å². The second-order valence-electron chi connectivity index (χ2n) is 2.91. The van der Waals surface area contributed by atoms with Gasteiger partial charge in [0.25, 0.3) is 5.56 Å². The number of nitrogens with two attached hydrogens (primary N) is 1. The molecule has 0 amide bonds. The fourth-order valence-electron chi connectivity index (χ4n) is 1.39. The molecule has 0 aliphatic carbocycles. The van der Waals surface area contributed by atoms with Crippen LogP contribution in [0.3, 0.4) is 0 Å². The van der Waals surface area contributed by atoms with Crippen LogP contribution in [0.2, 0.25) is 0 Å². The van der Waals surface area contributed by atoms with Crippen LogP contribution in [0.5, 0.6) is 0 Å². The van der Waals surface area contributed by atoms with Gasteiger partial charge in [0.05, 0.1) is 10.2 Å². The molecule has 0 saturated heterocycles. The normalized spacial score (nSPS) is 10.9. The van der Waals surface area contributed by atoms with Crippen LogP contribution in [0.25, 0.3) is 10.2 Å². The van der Waals surface area contributed by atoms with E-state index < -0.39 is 0 Å². The number of pyridine rings is 1. The molecule has 2 rings (SSSR count). The van der Waals surface area contributed by atoms with E-state index in [1.807, 2.05) is 11.4 Å². The van der Waals surface area contributed by atoms with Gasteiger partial charge >= 0.3 is 0 Å². The van der Waals surface area contributed by atoms with Crippen LogP contribution in [-0.4, -0.2) is 4.57 Å². The molecule has 2 aromatic rings. The van der Waals surface area contributed by atoms with Crippen molar-refractivity contribution >= 4 is 21.6 Å². The van der Waals surface area contributed by atoms with Crippen molar-refractivity contribution in [1.82, 2.24) is 4.57 Å². The molecule has 0 fully saturated rings. The van der Waals surface area contributed by atoms with Gasteiger partial charge in [-0.1, -0.05) is 0 Å². The molecule has 68 valence electrons. The zero-order chi connectivity index (χ0) is 9.42. The van der Waals surface area contributed by atoms with Gasteiger partial charge < -0.3 is 10.3 Å². The van der Waals surface area contributed by atoms with Gasteiger partial charge in [-0.25, -0.2) is 0 Å². The van der Waals surface area contributed by atoms with Crippen molar-refractivity contribution in [2.24, 2.45) is 12.8 Å². The number of aromatic nitrogens is 1. The highest BCUT2D eigenvalue weighted by Gasteiger charge is 2.05. The Morgan fingerprint density at radius 2 is 2.38 bits per heavy atom. The van der Waals surface area contributed by atoms with Gasteiger partial charge in [-0.3, -0.25) is 4.79 Å². The van der Waals surface area contributed by atoms with Gasteiger partial charge in [0, 0.05) is 19.7 Å². The fourth-order valence-corrected chi connectivity index (χ4v) is 2.34. The number of thiophene rings is 1. The van der Waals surface area contributed by atoms with Gasteiger partial charge in [0.1, 0.15) is 0 Å². The van der Waals surface area contributed by atoms with Crippen LogP contribution in [-0.2, 0) is 13.6 Å². The van der Waals surface area contributed by atoms with Crippen LogP contribution in [0, 0.1) is 0 Å². The van der Waals surface area contributed by atoms with Crippen LogP contribution in [0.15, 0.2) is 22.3 Å². The van der Waals surface area contributed by atoms with Crippen molar-refractivity contribution in [2.75, 3.05) is 0 Å². The lowest BCUT2D eigenvalue weighted by atomic mass is 10.2. The Morgan fingerprint density at radius 1 is 1.62 bits per heavy atom. The molecule has 2 heterocycles. The highest BCUT2D eigenvalue weighted by Crippen LogP contribution is 2.22. The third kappa shape index (κ3) is 1.18. The molecule has 3 nitrogen and oxygen atoms in total. The Labute approximate surface area is 79.4 Å². The summed E-state index contributed by atoms with van der Waals surface area (Å²) in [5, 5.41) is 1.98. The lowest BCUT2D eigenvalue weighted by Crippen LogP contribution is -2.17. The van der Waals surface area contributed by atoms with E-state index in [-0.39, 0.29) is 5.56 Å². The zero-order valence-corrected chi connectivity index (χ0v) is 8.10. The quantitative estimate of drug-likeness (QED) is 0.738. The molecule has 0 unspecified atom stereocenters. The predicted molar refractivity (Wildman–Crippen MR) is 55.0 cm³/mol. The minimum Gasteiger partial charge on any atom is -0.326 e. The zero-order valence-electron chi connectivity index (χ0n) is 7.28. The Bertz CT molecular complexity index is 498. The van der Waals surface area contributed by atoms with Gasteiger partial charge in [-0.2, -0.15) is 0 Å². The molecule has 0 saturated carbocycles. The van der Waals surface area contributed by atoms with E-state index in [0.717, 1.165) is 15.8 Å². The summed E-state index contributed by atoms with van der Waals surface area (Å²) in [4.78, 5) is 11.4. The largest absolute Gasteiger partial charge is 0.326 e. The molecule has 0 atom stereocenters. The smallest absolute Gasteiger partial charge is 0.251 e. The summed E-state index contributed by atoms with van der Waals surface area (Å²) in [5.41, 5.74) is 7.47. The minimum atomic E-state index is 0.00588. The van der Waals surface area contributed by atoms with Crippen molar-refractivity contribution < 1.29 is 0 Å². The number of nitrogens with zero attached hydrogens (tertiary/aromatic N) is 1. The highest BCUT2D eigenvalue weighted by molar-refractivity contribution is 7.17. The van der Waals surface area contributed by atoms with Crippen LogP contribution in [0.4, 0.5) is 0 Å². The summed E-state index contributed by atoms with van der Waals surface area (Å²) in [6.45, 7) is 0.424. The minimum absolute atomic E-state index is 0.00588. The van der Waals surface area contributed by atoms with Crippen molar-refractivity contribution in [3.63, 3.8) is 0 Å². The van der Waals surface area contributed by atoms with E-state index >= 15 is 0 Å². The standard InChI is InChI=1S/C9H10N2OS/c1-11-7-2-3-13-9(7)6(5-10)4-8(11)12/h2-4H,5,10H2,1H3. The molecular formula is C9H10N2OS. The summed E-state index contributed by atoms with van der Waals surface area (Å²) in [7, 11) is 1.78. The lowest BCUT2D eigenvalue weighted by Gasteiger charge is -2.03. The summed E-state index contributed by atoms with van der Waals surface area (Å²) in [5.74, 6) is 0. The van der Waals surface area contributed by atoms with Crippen molar-refractivity contribution in [3.8, 4) is 0 Å². The van der Waals surface area contributed by atoms with Crippen molar-refractivity contribution in [3.05, 3.63) is 33.4 Å². The van der Waals surface area contributed by atoms with E-state index in [1.54, 1.807) is 29.0 Å². The first-order chi connectivity index (χ1) is 6.24. The highest BCUT2D eigenvalue weighted by atomic mass is 32.1. The van der Waals surface area contributed by atoms with Gasteiger partial charge in [0.2, 0.25) is 0 Å². The van der Waals surface area contributed by atoms with E-state index in [2.05, 4.69) is 0 Å². The number of aryl methyl sites for hydroxylation is 1. The fraction of sp³-hybridized carbons (Fsp3) is 0.222. The number of fused-ring (bicyclic) bond motifs is 1. The van der Waals surface area contributed by atoms with E-state index in [0.29, 0.717) is 6.54 Å². The second-order valence-corrected chi connectivity index (χ2v) is 3.82. The molecule has 0 aliphatic rings. The molecule has 2 N–H and O–H groups in total. The maximum Gasteiger partial charge on any atom is 0.251 e. The first kappa shape index (κ1) is 8.47. The molecule has 13 heavy (non-hydrogen) atoms. The Hall–Kier alpha value is -1.13. The number of hydrogen-bond donors (Lipinski definition) is 1. The summed E-state index contributed by atoms with van der Waals surface area (Å²) >= 11 is 1.62. The molecule has 0 aliphatic heterocycles. The van der Waals surface area contributed by atoms with E-state index in [1.165, 1.54) is 0 Å². The van der Waals surface area contributed by atoms with Gasteiger partial charge in [0.15, 0.2) is 0 Å². The molecule has 4 heteroatoms. The number of rotatable bonds is 1. The average Bonchev–Trinajstić information content (AvgIpc) is 2.60. The van der Waals surface area contributed by atoms with E-state index in [4.69, 9.17) is 5.73 Å². The van der Waals surface area contributed by atoms with Crippen LogP contribution >= 0.6 is 11.3 Å². The van der Waals surface area contributed by atoms with Crippen molar-refractivity contribution in [2.45, 2.75) is 6.54 Å². The SMILES string of the molecule is Cn1c(=O)cc(CN)c2sccc21. The maximum atomic E-state index is 11.4. The molecule has 0 spiro atoms. The summed E-state index contributed by atoms with van der Waals surface area (Å²) in [6, 6.07) is 3.55. The Kier molecular flexibility index (Phi) is 1.94. The Balaban J connectivity index is 2.95.